The van der Waals surface area contributed by atoms with E-state index in [2.05, 4.69) is 10.3 Å². The average Bonchev–Trinajstić information content (AvgIpc) is 2.79. The largest absolute Gasteiger partial charge is 0.397 e. The van der Waals surface area contributed by atoms with E-state index in [4.69, 9.17) is 10.9 Å². The maximum absolute atomic E-state index is 11.2. The lowest BCUT2D eigenvalue weighted by atomic mass is 10.2. The summed E-state index contributed by atoms with van der Waals surface area (Å²) in [4.78, 5) is 4.13. The van der Waals surface area contributed by atoms with Crippen LogP contribution in [0.15, 0.2) is 34.0 Å². The Morgan fingerprint density at radius 1 is 1.39 bits per heavy atom. The standard InChI is InChI=1S/C10H12N4O2S2/c11-9-2-1-8(18(12,15)16)3-10(9)13-4-7-5-17-6-14-7/h1-3,5-6,13H,4,11H2,(H2,12,15,16). The molecule has 96 valence electrons. The van der Waals surface area contributed by atoms with Crippen molar-refractivity contribution < 1.29 is 8.42 Å². The number of sulfonamides is 1. The van der Waals surface area contributed by atoms with Gasteiger partial charge in [0.1, 0.15) is 0 Å². The van der Waals surface area contributed by atoms with Gasteiger partial charge in [-0.3, -0.25) is 0 Å². The third-order valence-electron chi connectivity index (χ3n) is 2.30. The lowest BCUT2D eigenvalue weighted by Crippen LogP contribution is -2.13. The number of nitrogen functional groups attached to an aromatic ring is 1. The molecule has 0 aliphatic heterocycles. The molecule has 1 aromatic heterocycles. The molecule has 0 radical (unpaired) electrons. The van der Waals surface area contributed by atoms with Crippen LogP contribution < -0.4 is 16.2 Å². The number of hydrogen-bond donors (Lipinski definition) is 3. The minimum absolute atomic E-state index is 0.0254. The second kappa shape index (κ2) is 4.92. The smallest absolute Gasteiger partial charge is 0.238 e. The number of thiazole rings is 1. The van der Waals surface area contributed by atoms with Gasteiger partial charge in [-0.2, -0.15) is 0 Å². The number of benzene rings is 1. The van der Waals surface area contributed by atoms with Crippen LogP contribution in [0.3, 0.4) is 0 Å². The topological polar surface area (TPSA) is 111 Å². The molecule has 0 bridgehead atoms. The molecular weight excluding hydrogens is 272 g/mol. The molecule has 0 saturated carbocycles. The number of hydrogen-bond acceptors (Lipinski definition) is 6. The number of primary sulfonamides is 1. The van der Waals surface area contributed by atoms with Crippen LogP contribution in [0.4, 0.5) is 11.4 Å². The fourth-order valence-electron chi connectivity index (χ4n) is 1.38. The maximum atomic E-state index is 11.2. The first-order valence-electron chi connectivity index (χ1n) is 5.00. The predicted molar refractivity (Wildman–Crippen MR) is 71.7 cm³/mol. The van der Waals surface area contributed by atoms with Crippen LogP contribution >= 0.6 is 11.3 Å². The van der Waals surface area contributed by atoms with E-state index < -0.39 is 10.0 Å². The molecule has 0 aliphatic rings. The van der Waals surface area contributed by atoms with E-state index >= 15 is 0 Å². The Bertz CT molecular complexity index is 638. The molecule has 6 nitrogen and oxygen atoms in total. The van der Waals surface area contributed by atoms with Gasteiger partial charge in [0.15, 0.2) is 0 Å². The van der Waals surface area contributed by atoms with E-state index in [0.29, 0.717) is 17.9 Å². The van der Waals surface area contributed by atoms with Gasteiger partial charge in [0.2, 0.25) is 10.0 Å². The molecule has 2 rings (SSSR count). The first kappa shape index (κ1) is 12.8. The van der Waals surface area contributed by atoms with Crippen molar-refractivity contribution in [2.24, 2.45) is 5.14 Å². The normalized spacial score (nSPS) is 11.4. The van der Waals surface area contributed by atoms with Gasteiger partial charge in [0, 0.05) is 5.38 Å². The molecule has 0 fully saturated rings. The Morgan fingerprint density at radius 2 is 2.17 bits per heavy atom. The average molecular weight is 284 g/mol. The minimum Gasteiger partial charge on any atom is -0.397 e. The quantitative estimate of drug-likeness (QED) is 0.725. The highest BCUT2D eigenvalue weighted by molar-refractivity contribution is 7.89. The Balaban J connectivity index is 2.22. The van der Waals surface area contributed by atoms with Gasteiger partial charge in [-0.05, 0) is 18.2 Å². The second-order valence-corrected chi connectivity index (χ2v) is 5.91. The van der Waals surface area contributed by atoms with Gasteiger partial charge in [-0.25, -0.2) is 18.5 Å². The molecule has 0 aliphatic carbocycles. The molecule has 1 heterocycles. The van der Waals surface area contributed by atoms with Crippen molar-refractivity contribution in [2.45, 2.75) is 11.4 Å². The Morgan fingerprint density at radius 3 is 2.78 bits per heavy atom. The molecule has 2 aromatic rings. The van der Waals surface area contributed by atoms with Gasteiger partial charge in [-0.15, -0.1) is 11.3 Å². The van der Waals surface area contributed by atoms with Gasteiger partial charge >= 0.3 is 0 Å². The van der Waals surface area contributed by atoms with E-state index in [1.165, 1.54) is 29.5 Å². The molecule has 0 atom stereocenters. The summed E-state index contributed by atoms with van der Waals surface area (Å²) in [7, 11) is -3.72. The van der Waals surface area contributed by atoms with Crippen LogP contribution in [0, 0.1) is 0 Å². The zero-order valence-corrected chi connectivity index (χ0v) is 11.0. The van der Waals surface area contributed by atoms with Gasteiger partial charge in [0.05, 0.1) is 34.0 Å². The fraction of sp³-hybridized carbons (Fsp3) is 0.100. The van der Waals surface area contributed by atoms with Crippen LogP contribution in [0.1, 0.15) is 5.69 Å². The van der Waals surface area contributed by atoms with Gasteiger partial charge < -0.3 is 11.1 Å². The number of aromatic nitrogens is 1. The van der Waals surface area contributed by atoms with E-state index in [9.17, 15) is 8.42 Å². The highest BCUT2D eigenvalue weighted by Crippen LogP contribution is 2.22. The van der Waals surface area contributed by atoms with Crippen LogP contribution in [-0.4, -0.2) is 13.4 Å². The number of nitrogens with one attached hydrogen (secondary N) is 1. The number of anilines is 2. The zero-order valence-electron chi connectivity index (χ0n) is 9.33. The minimum atomic E-state index is -3.72. The Hall–Kier alpha value is -1.64. The number of nitrogens with two attached hydrogens (primary N) is 2. The summed E-state index contributed by atoms with van der Waals surface area (Å²) < 4.78 is 22.5. The maximum Gasteiger partial charge on any atom is 0.238 e. The van der Waals surface area contributed by atoms with Crippen molar-refractivity contribution in [3.05, 3.63) is 34.8 Å². The monoisotopic (exact) mass is 284 g/mol. The summed E-state index contributed by atoms with van der Waals surface area (Å²) in [6, 6.07) is 4.29. The summed E-state index contributed by atoms with van der Waals surface area (Å²) in [6.45, 7) is 0.474. The summed E-state index contributed by atoms with van der Waals surface area (Å²) in [5, 5.41) is 9.98. The molecule has 0 unspecified atom stereocenters. The number of rotatable bonds is 4. The summed E-state index contributed by atoms with van der Waals surface area (Å²) in [5.41, 5.74) is 9.32. The van der Waals surface area contributed by atoms with Crippen LogP contribution in [0.25, 0.3) is 0 Å². The number of nitrogens with zero attached hydrogens (tertiary/aromatic N) is 1. The lowest BCUT2D eigenvalue weighted by molar-refractivity contribution is 0.598. The van der Waals surface area contributed by atoms with Crippen molar-refractivity contribution in [3.63, 3.8) is 0 Å². The van der Waals surface area contributed by atoms with E-state index in [0.717, 1.165) is 5.69 Å². The molecule has 18 heavy (non-hydrogen) atoms. The van der Waals surface area contributed by atoms with E-state index in [-0.39, 0.29) is 4.90 Å². The van der Waals surface area contributed by atoms with E-state index in [1.54, 1.807) is 5.51 Å². The lowest BCUT2D eigenvalue weighted by Gasteiger charge is -2.09. The Labute approximate surface area is 109 Å². The summed E-state index contributed by atoms with van der Waals surface area (Å²) >= 11 is 1.49. The van der Waals surface area contributed by atoms with Crippen LogP contribution in [0.2, 0.25) is 0 Å². The van der Waals surface area contributed by atoms with Gasteiger partial charge in [-0.1, -0.05) is 0 Å². The molecule has 0 saturated heterocycles. The van der Waals surface area contributed by atoms with Crippen molar-refractivity contribution in [1.82, 2.24) is 4.98 Å². The third-order valence-corrected chi connectivity index (χ3v) is 3.84. The molecule has 5 N–H and O–H groups in total. The molecule has 0 spiro atoms. The molecule has 0 amide bonds. The van der Waals surface area contributed by atoms with Crippen molar-refractivity contribution in [3.8, 4) is 0 Å². The van der Waals surface area contributed by atoms with Crippen LogP contribution in [0.5, 0.6) is 0 Å². The van der Waals surface area contributed by atoms with Crippen LogP contribution in [-0.2, 0) is 16.6 Å². The summed E-state index contributed by atoms with van der Waals surface area (Å²) in [5.74, 6) is 0. The fourth-order valence-corrected chi connectivity index (χ4v) is 2.47. The SMILES string of the molecule is Nc1ccc(S(N)(=O)=O)cc1NCc1cscn1. The third kappa shape index (κ3) is 2.97. The zero-order chi connectivity index (χ0) is 13.2. The van der Waals surface area contributed by atoms with Crippen molar-refractivity contribution in [2.75, 3.05) is 11.1 Å². The highest BCUT2D eigenvalue weighted by atomic mass is 32.2. The molecular formula is C10H12N4O2S2. The second-order valence-electron chi connectivity index (χ2n) is 3.63. The Kier molecular flexibility index (Phi) is 3.50. The first-order chi connectivity index (χ1) is 8.47. The predicted octanol–water partition coefficient (Wildman–Crippen LogP) is 0.985. The van der Waals surface area contributed by atoms with Crippen molar-refractivity contribution >= 4 is 32.7 Å². The first-order valence-corrected chi connectivity index (χ1v) is 7.49. The highest BCUT2D eigenvalue weighted by Gasteiger charge is 2.10. The van der Waals surface area contributed by atoms with Crippen molar-refractivity contribution in [1.29, 1.82) is 0 Å². The molecule has 1 aromatic carbocycles. The summed E-state index contributed by atoms with van der Waals surface area (Å²) in [6.07, 6.45) is 0. The van der Waals surface area contributed by atoms with E-state index in [1.807, 2.05) is 5.38 Å². The molecule has 8 heteroatoms. The van der Waals surface area contributed by atoms with Gasteiger partial charge in [0.25, 0.3) is 0 Å².